The van der Waals surface area contributed by atoms with Gasteiger partial charge in [-0.3, -0.25) is 0 Å². The molecule has 1 nitrogen and oxygen atoms in total. The van der Waals surface area contributed by atoms with Crippen LogP contribution in [0.1, 0.15) is 25.3 Å². The van der Waals surface area contributed by atoms with Crippen LogP contribution in [0, 0.1) is 17.0 Å². The number of rotatable bonds is 6. The Kier molecular flexibility index (Phi) is 3.81. The normalized spacial score (nSPS) is 18.4. The van der Waals surface area contributed by atoms with E-state index in [4.69, 9.17) is 0 Å². The maximum Gasteiger partial charge on any atom is 0.129 e. The van der Waals surface area contributed by atoms with Gasteiger partial charge in [0, 0.05) is 24.1 Å². The Labute approximate surface area is 107 Å². The predicted molar refractivity (Wildman–Crippen MR) is 69.4 cm³/mol. The topological polar surface area (TPSA) is 12.0 Å². The second-order valence-electron chi connectivity index (χ2n) is 5.43. The van der Waals surface area contributed by atoms with Crippen molar-refractivity contribution >= 4 is 0 Å². The summed E-state index contributed by atoms with van der Waals surface area (Å²) in [6, 6.07) is 4.37. The van der Waals surface area contributed by atoms with Gasteiger partial charge in [0.25, 0.3) is 0 Å². The average Bonchev–Trinajstić information content (AvgIpc) is 3.14. The molecule has 1 fully saturated rings. The average molecular weight is 251 g/mol. The Bertz CT molecular complexity index is 440. The zero-order valence-corrected chi connectivity index (χ0v) is 10.7. The van der Waals surface area contributed by atoms with E-state index in [-0.39, 0.29) is 5.41 Å². The molecule has 0 radical (unpaired) electrons. The van der Waals surface area contributed by atoms with E-state index >= 15 is 0 Å². The van der Waals surface area contributed by atoms with Gasteiger partial charge >= 0.3 is 0 Å². The lowest BCUT2D eigenvalue weighted by Gasteiger charge is -2.26. The summed E-state index contributed by atoms with van der Waals surface area (Å²) in [5.41, 5.74) is 0.331. The van der Waals surface area contributed by atoms with Crippen molar-refractivity contribution in [3.63, 3.8) is 0 Å². The molecule has 1 atom stereocenters. The predicted octanol–water partition coefficient (Wildman–Crippen LogP) is 3.45. The highest BCUT2D eigenvalue weighted by Gasteiger charge is 2.27. The fraction of sp³-hybridized carbons (Fsp3) is 0.467. The molecule has 1 aliphatic carbocycles. The van der Waals surface area contributed by atoms with Gasteiger partial charge in [-0.2, -0.15) is 0 Å². The quantitative estimate of drug-likeness (QED) is 0.764. The summed E-state index contributed by atoms with van der Waals surface area (Å²) in [7, 11) is 0. The fourth-order valence-electron chi connectivity index (χ4n) is 1.97. The molecule has 0 spiro atoms. The van der Waals surface area contributed by atoms with Gasteiger partial charge in [-0.1, -0.05) is 19.1 Å². The largest absolute Gasteiger partial charge is 0.313 e. The molecule has 1 aromatic rings. The van der Waals surface area contributed by atoms with Crippen molar-refractivity contribution in [1.29, 1.82) is 0 Å². The molecule has 0 heterocycles. The molecule has 1 unspecified atom stereocenters. The van der Waals surface area contributed by atoms with Crippen LogP contribution in [0.5, 0.6) is 0 Å². The summed E-state index contributed by atoms with van der Waals surface area (Å²) in [4.78, 5) is 0. The van der Waals surface area contributed by atoms with Crippen molar-refractivity contribution in [2.45, 2.75) is 32.2 Å². The van der Waals surface area contributed by atoms with E-state index in [1.165, 1.54) is 25.0 Å². The molecule has 0 aliphatic heterocycles. The van der Waals surface area contributed by atoms with Crippen LogP contribution in [-0.4, -0.2) is 12.6 Å². The van der Waals surface area contributed by atoms with Crippen molar-refractivity contribution in [2.75, 3.05) is 6.54 Å². The highest BCUT2D eigenvalue weighted by Crippen LogP contribution is 2.27. The lowest BCUT2D eigenvalue weighted by atomic mass is 9.83. The molecule has 0 bridgehead atoms. The van der Waals surface area contributed by atoms with Gasteiger partial charge < -0.3 is 5.32 Å². The van der Waals surface area contributed by atoms with E-state index in [9.17, 15) is 8.78 Å². The summed E-state index contributed by atoms with van der Waals surface area (Å²) in [5.74, 6) is -1.01. The molecule has 2 rings (SSSR count). The summed E-state index contributed by atoms with van der Waals surface area (Å²) in [5, 5.41) is 3.43. The fourth-order valence-corrected chi connectivity index (χ4v) is 1.97. The number of hydrogen-bond donors (Lipinski definition) is 1. The Morgan fingerprint density at radius 3 is 2.72 bits per heavy atom. The van der Waals surface area contributed by atoms with Gasteiger partial charge in [-0.25, -0.2) is 8.78 Å². The third-order valence-corrected chi connectivity index (χ3v) is 3.47. The molecule has 1 N–H and O–H groups in total. The lowest BCUT2D eigenvalue weighted by Crippen LogP contribution is -2.33. The van der Waals surface area contributed by atoms with Crippen LogP contribution in [-0.2, 0) is 6.42 Å². The van der Waals surface area contributed by atoms with Crippen LogP contribution in [0.2, 0.25) is 0 Å². The molecule has 0 amide bonds. The van der Waals surface area contributed by atoms with E-state index in [1.54, 1.807) is 0 Å². The van der Waals surface area contributed by atoms with Crippen molar-refractivity contribution in [3.05, 3.63) is 48.1 Å². The summed E-state index contributed by atoms with van der Waals surface area (Å²) in [6.45, 7) is 6.65. The Hall–Kier alpha value is -1.22. The Morgan fingerprint density at radius 1 is 1.44 bits per heavy atom. The molecule has 0 aromatic heterocycles. The lowest BCUT2D eigenvalue weighted by molar-refractivity contribution is 0.382. The number of benzene rings is 1. The molecule has 1 saturated carbocycles. The first kappa shape index (κ1) is 13.2. The van der Waals surface area contributed by atoms with Crippen LogP contribution in [0.3, 0.4) is 0 Å². The molecule has 98 valence electrons. The molecule has 0 saturated heterocycles. The van der Waals surface area contributed by atoms with Crippen molar-refractivity contribution in [1.82, 2.24) is 5.32 Å². The first-order valence-electron chi connectivity index (χ1n) is 6.33. The van der Waals surface area contributed by atoms with Gasteiger partial charge in [0.05, 0.1) is 0 Å². The smallest absolute Gasteiger partial charge is 0.129 e. The summed E-state index contributed by atoms with van der Waals surface area (Å²) < 4.78 is 26.5. The van der Waals surface area contributed by atoms with Gasteiger partial charge in [0.1, 0.15) is 11.6 Å². The van der Waals surface area contributed by atoms with Crippen molar-refractivity contribution < 1.29 is 8.78 Å². The van der Waals surface area contributed by atoms with Crippen LogP contribution < -0.4 is 5.32 Å². The third kappa shape index (κ3) is 3.39. The van der Waals surface area contributed by atoms with Crippen LogP contribution in [0.4, 0.5) is 8.78 Å². The van der Waals surface area contributed by atoms with Gasteiger partial charge in [-0.15, -0.1) is 6.58 Å². The number of halogens is 2. The van der Waals surface area contributed by atoms with Gasteiger partial charge in [0.15, 0.2) is 0 Å². The minimum Gasteiger partial charge on any atom is -0.313 e. The van der Waals surface area contributed by atoms with Crippen molar-refractivity contribution in [2.24, 2.45) is 5.41 Å². The van der Waals surface area contributed by atoms with E-state index in [2.05, 4.69) is 11.9 Å². The van der Waals surface area contributed by atoms with Crippen LogP contribution in [0.25, 0.3) is 0 Å². The number of hydrogen-bond acceptors (Lipinski definition) is 1. The minimum atomic E-state index is -0.535. The SMILES string of the molecule is C=CC(C)(CNC1CC1)Cc1ccc(F)cc1F. The third-order valence-electron chi connectivity index (χ3n) is 3.47. The van der Waals surface area contributed by atoms with Gasteiger partial charge in [0.2, 0.25) is 0 Å². The second kappa shape index (κ2) is 5.19. The monoisotopic (exact) mass is 251 g/mol. The maximum atomic E-state index is 13.6. The van der Waals surface area contributed by atoms with Gasteiger partial charge in [-0.05, 0) is 30.9 Å². The molecular formula is C15H19F2N. The second-order valence-corrected chi connectivity index (χ2v) is 5.43. The van der Waals surface area contributed by atoms with E-state index in [0.29, 0.717) is 18.0 Å². The molecule has 1 aliphatic rings. The Morgan fingerprint density at radius 2 is 2.17 bits per heavy atom. The first-order valence-corrected chi connectivity index (χ1v) is 6.33. The van der Waals surface area contributed by atoms with Crippen LogP contribution >= 0.6 is 0 Å². The zero-order chi connectivity index (χ0) is 13.2. The zero-order valence-electron chi connectivity index (χ0n) is 10.7. The van der Waals surface area contributed by atoms with E-state index in [0.717, 1.165) is 12.6 Å². The molecular weight excluding hydrogens is 232 g/mol. The minimum absolute atomic E-state index is 0.207. The maximum absolute atomic E-state index is 13.6. The number of nitrogens with one attached hydrogen (secondary N) is 1. The van der Waals surface area contributed by atoms with E-state index < -0.39 is 11.6 Å². The summed E-state index contributed by atoms with van der Waals surface area (Å²) >= 11 is 0. The van der Waals surface area contributed by atoms with E-state index in [1.807, 2.05) is 13.0 Å². The Balaban J connectivity index is 2.05. The molecule has 18 heavy (non-hydrogen) atoms. The standard InChI is InChI=1S/C15H19F2N/c1-3-15(2,10-18-13-6-7-13)9-11-4-5-12(16)8-14(11)17/h3-5,8,13,18H,1,6-7,9-10H2,2H3. The highest BCUT2D eigenvalue weighted by molar-refractivity contribution is 5.21. The molecule has 3 heteroatoms. The van der Waals surface area contributed by atoms with Crippen molar-refractivity contribution in [3.8, 4) is 0 Å². The first-order chi connectivity index (χ1) is 8.52. The molecule has 1 aromatic carbocycles. The highest BCUT2D eigenvalue weighted by atomic mass is 19.1. The van der Waals surface area contributed by atoms with Crippen LogP contribution in [0.15, 0.2) is 30.9 Å². The summed E-state index contributed by atoms with van der Waals surface area (Å²) in [6.07, 6.45) is 4.82.